The molecule has 0 fully saturated rings. The summed E-state index contributed by atoms with van der Waals surface area (Å²) in [4.78, 5) is 21.7. The van der Waals surface area contributed by atoms with E-state index in [0.717, 1.165) is 0 Å². The summed E-state index contributed by atoms with van der Waals surface area (Å²) >= 11 is 0. The predicted octanol–water partition coefficient (Wildman–Crippen LogP) is 0.274. The van der Waals surface area contributed by atoms with Crippen LogP contribution in [0.15, 0.2) is 0 Å². The second kappa shape index (κ2) is 3.67. The van der Waals surface area contributed by atoms with Gasteiger partial charge in [-0.25, -0.2) is 0 Å². The summed E-state index contributed by atoms with van der Waals surface area (Å²) in [5.74, 6) is -1.14. The van der Waals surface area contributed by atoms with Crippen LogP contribution in [0.25, 0.3) is 0 Å². The zero-order valence-electron chi connectivity index (χ0n) is 7.84. The van der Waals surface area contributed by atoms with Crippen molar-refractivity contribution in [3.63, 3.8) is 0 Å². The maximum absolute atomic E-state index is 11.0. The van der Waals surface area contributed by atoms with Gasteiger partial charge in [-0.3, -0.25) is 9.59 Å². The van der Waals surface area contributed by atoms with E-state index in [9.17, 15) is 9.59 Å². The SMILES string of the molecule is CN[C@H](C(C)=O)C(C)(C)C(=O)O. The highest BCUT2D eigenvalue weighted by atomic mass is 16.4. The molecular formula is C8H15NO3. The molecule has 12 heavy (non-hydrogen) atoms. The number of ketones is 1. The molecule has 0 aromatic carbocycles. The van der Waals surface area contributed by atoms with Gasteiger partial charge in [-0.1, -0.05) is 0 Å². The van der Waals surface area contributed by atoms with Crippen molar-refractivity contribution in [2.75, 3.05) is 7.05 Å². The largest absolute Gasteiger partial charge is 0.481 e. The molecule has 0 saturated heterocycles. The average Bonchev–Trinajstić information content (AvgIpc) is 1.86. The second-order valence-corrected chi connectivity index (χ2v) is 3.36. The molecule has 0 rings (SSSR count). The van der Waals surface area contributed by atoms with Gasteiger partial charge in [0.2, 0.25) is 0 Å². The molecule has 1 atom stereocenters. The third-order valence-corrected chi connectivity index (χ3v) is 1.97. The normalized spacial score (nSPS) is 14.0. The maximum atomic E-state index is 11.0. The smallest absolute Gasteiger partial charge is 0.311 e. The van der Waals surface area contributed by atoms with E-state index < -0.39 is 17.4 Å². The fourth-order valence-electron chi connectivity index (χ4n) is 1.20. The molecule has 0 aliphatic rings. The quantitative estimate of drug-likeness (QED) is 0.640. The van der Waals surface area contributed by atoms with E-state index in [1.165, 1.54) is 20.8 Å². The monoisotopic (exact) mass is 173 g/mol. The number of carbonyl (C=O) groups is 2. The van der Waals surface area contributed by atoms with Gasteiger partial charge in [0, 0.05) is 0 Å². The minimum atomic E-state index is -1.05. The zero-order chi connectivity index (χ0) is 9.94. The van der Waals surface area contributed by atoms with Crippen LogP contribution in [0.3, 0.4) is 0 Å². The van der Waals surface area contributed by atoms with Crippen molar-refractivity contribution in [1.29, 1.82) is 0 Å². The molecule has 0 amide bonds. The lowest BCUT2D eigenvalue weighted by atomic mass is 9.82. The summed E-state index contributed by atoms with van der Waals surface area (Å²) in [6.07, 6.45) is 0. The van der Waals surface area contributed by atoms with Crippen LogP contribution < -0.4 is 5.32 Å². The molecule has 0 bridgehead atoms. The van der Waals surface area contributed by atoms with E-state index in [1.807, 2.05) is 0 Å². The van der Waals surface area contributed by atoms with E-state index in [4.69, 9.17) is 5.11 Å². The number of Topliss-reactive ketones (excluding diaryl/α,β-unsaturated/α-hetero) is 1. The fraction of sp³-hybridized carbons (Fsp3) is 0.750. The van der Waals surface area contributed by atoms with Gasteiger partial charge in [0.25, 0.3) is 0 Å². The van der Waals surface area contributed by atoms with Crippen molar-refractivity contribution < 1.29 is 14.7 Å². The summed E-state index contributed by atoms with van der Waals surface area (Å²) in [5.41, 5.74) is -1.05. The van der Waals surface area contributed by atoms with Crippen LogP contribution in [0, 0.1) is 5.41 Å². The molecular weight excluding hydrogens is 158 g/mol. The summed E-state index contributed by atoms with van der Waals surface area (Å²) < 4.78 is 0. The number of likely N-dealkylation sites (N-methyl/N-ethyl adjacent to an activating group) is 1. The third kappa shape index (κ3) is 2.04. The molecule has 0 heterocycles. The van der Waals surface area contributed by atoms with Crippen molar-refractivity contribution in [1.82, 2.24) is 5.32 Å². The first-order chi connectivity index (χ1) is 5.34. The van der Waals surface area contributed by atoms with Crippen molar-refractivity contribution >= 4 is 11.8 Å². The van der Waals surface area contributed by atoms with Crippen LogP contribution in [0.2, 0.25) is 0 Å². The summed E-state index contributed by atoms with van der Waals surface area (Å²) in [7, 11) is 1.58. The molecule has 0 spiro atoms. The minimum absolute atomic E-state index is 0.162. The van der Waals surface area contributed by atoms with Crippen molar-refractivity contribution in [2.45, 2.75) is 26.8 Å². The molecule has 0 saturated carbocycles. The first-order valence-corrected chi connectivity index (χ1v) is 3.75. The highest BCUT2D eigenvalue weighted by molar-refractivity contribution is 5.89. The maximum Gasteiger partial charge on any atom is 0.311 e. The second-order valence-electron chi connectivity index (χ2n) is 3.36. The standard InChI is InChI=1S/C8H15NO3/c1-5(10)6(9-4)8(2,3)7(11)12/h6,9H,1-4H3,(H,11,12)/t6-/m1/s1. The first-order valence-electron chi connectivity index (χ1n) is 3.75. The highest BCUT2D eigenvalue weighted by Gasteiger charge is 2.38. The summed E-state index contributed by atoms with van der Waals surface area (Å²) in [6, 6.07) is -0.630. The first kappa shape index (κ1) is 11.1. The Hall–Kier alpha value is -0.900. The lowest BCUT2D eigenvalue weighted by molar-refractivity contribution is -0.150. The average molecular weight is 173 g/mol. The number of hydrogen-bond donors (Lipinski definition) is 2. The van der Waals surface area contributed by atoms with Gasteiger partial charge >= 0.3 is 5.97 Å². The minimum Gasteiger partial charge on any atom is -0.481 e. The number of rotatable bonds is 4. The van der Waals surface area contributed by atoms with Gasteiger partial charge in [-0.05, 0) is 27.8 Å². The molecule has 70 valence electrons. The lowest BCUT2D eigenvalue weighted by Gasteiger charge is -2.27. The number of hydrogen-bond acceptors (Lipinski definition) is 3. The van der Waals surface area contributed by atoms with Crippen LogP contribution in [-0.4, -0.2) is 29.9 Å². The van der Waals surface area contributed by atoms with Crippen LogP contribution in [0.4, 0.5) is 0 Å². The van der Waals surface area contributed by atoms with Gasteiger partial charge < -0.3 is 10.4 Å². The summed E-state index contributed by atoms with van der Waals surface area (Å²) in [5, 5.41) is 11.5. The Bertz CT molecular complexity index is 198. The van der Waals surface area contributed by atoms with Crippen LogP contribution in [-0.2, 0) is 9.59 Å². The Kier molecular flexibility index (Phi) is 3.39. The fourth-order valence-corrected chi connectivity index (χ4v) is 1.20. The third-order valence-electron chi connectivity index (χ3n) is 1.97. The molecule has 0 unspecified atom stereocenters. The van der Waals surface area contributed by atoms with E-state index in [-0.39, 0.29) is 5.78 Å². The van der Waals surface area contributed by atoms with E-state index in [1.54, 1.807) is 7.05 Å². The van der Waals surface area contributed by atoms with Gasteiger partial charge in [-0.2, -0.15) is 0 Å². The predicted molar refractivity (Wildman–Crippen MR) is 44.9 cm³/mol. The van der Waals surface area contributed by atoms with Crippen LogP contribution in [0.5, 0.6) is 0 Å². The van der Waals surface area contributed by atoms with Crippen molar-refractivity contribution in [3.05, 3.63) is 0 Å². The Morgan fingerprint density at radius 1 is 1.42 bits per heavy atom. The number of carbonyl (C=O) groups excluding carboxylic acids is 1. The Labute approximate surface area is 72.0 Å². The molecule has 2 N–H and O–H groups in total. The van der Waals surface area contributed by atoms with Crippen molar-refractivity contribution in [2.24, 2.45) is 5.41 Å². The number of aliphatic carboxylic acids is 1. The van der Waals surface area contributed by atoms with E-state index in [2.05, 4.69) is 5.32 Å². The van der Waals surface area contributed by atoms with Gasteiger partial charge in [0.05, 0.1) is 11.5 Å². The van der Waals surface area contributed by atoms with E-state index >= 15 is 0 Å². The molecule has 0 aliphatic carbocycles. The molecule has 0 aromatic heterocycles. The zero-order valence-corrected chi connectivity index (χ0v) is 7.84. The molecule has 4 heteroatoms. The highest BCUT2D eigenvalue weighted by Crippen LogP contribution is 2.21. The van der Waals surface area contributed by atoms with Gasteiger partial charge in [-0.15, -0.1) is 0 Å². The Morgan fingerprint density at radius 2 is 1.83 bits per heavy atom. The molecule has 0 aromatic rings. The Balaban J connectivity index is 4.71. The lowest BCUT2D eigenvalue weighted by Crippen LogP contribution is -2.49. The van der Waals surface area contributed by atoms with Crippen molar-refractivity contribution in [3.8, 4) is 0 Å². The number of carboxylic acids is 1. The molecule has 4 nitrogen and oxygen atoms in total. The molecule has 0 radical (unpaired) electrons. The number of carboxylic acid groups (broad SMARTS) is 1. The Morgan fingerprint density at radius 3 is 1.92 bits per heavy atom. The van der Waals surface area contributed by atoms with Crippen LogP contribution in [0.1, 0.15) is 20.8 Å². The number of nitrogens with one attached hydrogen (secondary N) is 1. The van der Waals surface area contributed by atoms with Gasteiger partial charge in [0.15, 0.2) is 0 Å². The molecule has 0 aliphatic heterocycles. The topological polar surface area (TPSA) is 66.4 Å². The van der Waals surface area contributed by atoms with E-state index in [0.29, 0.717) is 0 Å². The van der Waals surface area contributed by atoms with Crippen LogP contribution >= 0.6 is 0 Å². The van der Waals surface area contributed by atoms with Gasteiger partial charge in [0.1, 0.15) is 5.78 Å². The summed E-state index contributed by atoms with van der Waals surface area (Å²) in [6.45, 7) is 4.43.